The summed E-state index contributed by atoms with van der Waals surface area (Å²) in [5.41, 5.74) is 0. The molecule has 3 atom stereocenters. The van der Waals surface area contributed by atoms with E-state index in [9.17, 15) is 19.5 Å². The van der Waals surface area contributed by atoms with E-state index < -0.39 is 18.1 Å². The van der Waals surface area contributed by atoms with Crippen molar-refractivity contribution in [1.29, 1.82) is 0 Å². The summed E-state index contributed by atoms with van der Waals surface area (Å²) in [6.07, 6.45) is 28.1. The van der Waals surface area contributed by atoms with Crippen LogP contribution in [0.15, 0.2) is 0 Å². The summed E-state index contributed by atoms with van der Waals surface area (Å²) in [7, 11) is 0. The van der Waals surface area contributed by atoms with Crippen molar-refractivity contribution in [1.82, 2.24) is 31.9 Å². The summed E-state index contributed by atoms with van der Waals surface area (Å²) in [5, 5.41) is 30.6. The van der Waals surface area contributed by atoms with Gasteiger partial charge < -0.3 is 37.0 Å². The molecule has 0 aromatic heterocycles. The lowest BCUT2D eigenvalue weighted by molar-refractivity contribution is -0.142. The van der Waals surface area contributed by atoms with Crippen LogP contribution in [-0.4, -0.2) is 84.8 Å². The first kappa shape index (κ1) is 40.0. The van der Waals surface area contributed by atoms with Gasteiger partial charge in [0.05, 0.1) is 6.04 Å². The highest BCUT2D eigenvalue weighted by molar-refractivity contribution is 5.91. The zero-order valence-electron chi connectivity index (χ0n) is 30.7. The van der Waals surface area contributed by atoms with Crippen molar-refractivity contribution < 1.29 is 19.5 Å². The summed E-state index contributed by atoms with van der Waals surface area (Å²) in [4.78, 5) is 39.8. The Hall–Kier alpha value is -1.75. The van der Waals surface area contributed by atoms with Gasteiger partial charge in [0, 0.05) is 24.2 Å². The fourth-order valence-corrected chi connectivity index (χ4v) is 8.64. The molecule has 4 saturated carbocycles. The van der Waals surface area contributed by atoms with Crippen LogP contribution in [0.2, 0.25) is 0 Å². The lowest BCUT2D eigenvalue weighted by Gasteiger charge is -2.27. The lowest BCUT2D eigenvalue weighted by atomic mass is 9.95. The third-order valence-electron chi connectivity index (χ3n) is 11.7. The minimum atomic E-state index is -1.01. The molecule has 2 amide bonds. The number of unbranched alkanes of at least 4 members (excludes halogenated alkanes) is 3. The van der Waals surface area contributed by atoms with Gasteiger partial charge in [0.15, 0.2) is 0 Å². The van der Waals surface area contributed by atoms with Gasteiger partial charge in [-0.1, -0.05) is 64.2 Å². The third-order valence-corrected chi connectivity index (χ3v) is 11.7. The molecule has 0 aliphatic heterocycles. The molecule has 10 nitrogen and oxygen atoms in total. The molecule has 0 spiro atoms. The Bertz CT molecular complexity index is 928. The van der Waals surface area contributed by atoms with Crippen molar-refractivity contribution in [2.75, 3.05) is 19.6 Å². The molecule has 0 bridgehead atoms. The lowest BCUT2D eigenvalue weighted by Crippen LogP contribution is -2.56. The van der Waals surface area contributed by atoms with Gasteiger partial charge in [-0.25, -0.2) is 4.79 Å². The third kappa shape index (κ3) is 16.0. The number of nitrogens with one attached hydrogen (secondary N) is 6. The van der Waals surface area contributed by atoms with Crippen molar-refractivity contribution in [3.05, 3.63) is 0 Å². The molecule has 4 fully saturated rings. The Morgan fingerprint density at radius 1 is 0.449 bits per heavy atom. The maximum Gasteiger partial charge on any atom is 0.326 e. The van der Waals surface area contributed by atoms with Crippen LogP contribution in [0.25, 0.3) is 0 Å². The smallest absolute Gasteiger partial charge is 0.326 e. The number of hydrogen-bond acceptors (Lipinski definition) is 7. The van der Waals surface area contributed by atoms with Gasteiger partial charge in [-0.05, 0) is 122 Å². The van der Waals surface area contributed by atoms with E-state index in [1.54, 1.807) is 0 Å². The Kier molecular flexibility index (Phi) is 19.3. The molecule has 0 saturated heterocycles. The molecule has 0 aromatic carbocycles. The second-order valence-corrected chi connectivity index (χ2v) is 15.8. The molecular formula is C39H72N6O4. The predicted molar refractivity (Wildman–Crippen MR) is 198 cm³/mol. The highest BCUT2D eigenvalue weighted by Crippen LogP contribution is 2.21. The fraction of sp³-hybridized carbons (Fsp3) is 0.923. The van der Waals surface area contributed by atoms with Gasteiger partial charge >= 0.3 is 5.97 Å². The second kappa shape index (κ2) is 23.7. The maximum absolute atomic E-state index is 13.9. The monoisotopic (exact) mass is 689 g/mol. The van der Waals surface area contributed by atoms with Gasteiger partial charge in [0.2, 0.25) is 11.8 Å². The SMILES string of the molecule is O=C(O)C(CCCCNC1CCCC1)NC(=O)C(CCCCNC1CCCC1)NC(=O)C(CCCCNC1CCCCC1)NC1CCCC1. The van der Waals surface area contributed by atoms with Crippen LogP contribution in [-0.2, 0) is 14.4 Å². The molecule has 282 valence electrons. The Morgan fingerprint density at radius 2 is 0.796 bits per heavy atom. The predicted octanol–water partition coefficient (Wildman–Crippen LogP) is 5.44. The summed E-state index contributed by atoms with van der Waals surface area (Å²) in [6.45, 7) is 2.76. The second-order valence-electron chi connectivity index (χ2n) is 15.8. The molecule has 4 aliphatic carbocycles. The van der Waals surface area contributed by atoms with Crippen LogP contribution in [0, 0.1) is 0 Å². The minimum Gasteiger partial charge on any atom is -0.480 e. The highest BCUT2D eigenvalue weighted by Gasteiger charge is 2.30. The first-order valence-corrected chi connectivity index (χ1v) is 20.8. The van der Waals surface area contributed by atoms with E-state index in [2.05, 4.69) is 31.9 Å². The van der Waals surface area contributed by atoms with E-state index in [1.807, 2.05) is 0 Å². The number of carboxylic acid groups (broad SMARTS) is 1. The zero-order valence-corrected chi connectivity index (χ0v) is 30.7. The van der Waals surface area contributed by atoms with Crippen LogP contribution in [0.5, 0.6) is 0 Å². The van der Waals surface area contributed by atoms with Gasteiger partial charge in [0.1, 0.15) is 12.1 Å². The maximum atomic E-state index is 13.9. The first-order chi connectivity index (χ1) is 24.0. The Morgan fingerprint density at radius 3 is 1.24 bits per heavy atom. The molecule has 3 unspecified atom stereocenters. The van der Waals surface area contributed by atoms with Crippen molar-refractivity contribution in [2.45, 2.75) is 209 Å². The van der Waals surface area contributed by atoms with Gasteiger partial charge in [0.25, 0.3) is 0 Å². The van der Waals surface area contributed by atoms with Crippen LogP contribution in [0.3, 0.4) is 0 Å². The molecule has 49 heavy (non-hydrogen) atoms. The van der Waals surface area contributed by atoms with Gasteiger partial charge in [-0.2, -0.15) is 0 Å². The molecular weight excluding hydrogens is 616 g/mol. The van der Waals surface area contributed by atoms with Crippen LogP contribution >= 0.6 is 0 Å². The number of hydrogen-bond donors (Lipinski definition) is 7. The van der Waals surface area contributed by atoms with Crippen LogP contribution < -0.4 is 31.9 Å². The number of carbonyl (C=O) groups excluding carboxylic acids is 2. The normalized spacial score (nSPS) is 21.6. The number of rotatable bonds is 25. The summed E-state index contributed by atoms with van der Waals surface area (Å²) < 4.78 is 0. The van der Waals surface area contributed by atoms with E-state index in [-0.39, 0.29) is 17.9 Å². The zero-order chi connectivity index (χ0) is 34.5. The molecule has 0 heterocycles. The van der Waals surface area contributed by atoms with E-state index in [0.29, 0.717) is 37.0 Å². The summed E-state index contributed by atoms with van der Waals surface area (Å²) >= 11 is 0. The first-order valence-electron chi connectivity index (χ1n) is 20.8. The van der Waals surface area contributed by atoms with Gasteiger partial charge in [-0.3, -0.25) is 9.59 Å². The summed E-state index contributed by atoms with van der Waals surface area (Å²) in [5.74, 6) is -1.50. The molecule has 4 rings (SSSR count). The minimum absolute atomic E-state index is 0.124. The van der Waals surface area contributed by atoms with E-state index >= 15 is 0 Å². The average Bonchev–Trinajstić information content (AvgIpc) is 3.92. The van der Waals surface area contributed by atoms with E-state index in [1.165, 1.54) is 96.3 Å². The van der Waals surface area contributed by atoms with Crippen LogP contribution in [0.1, 0.15) is 167 Å². The van der Waals surface area contributed by atoms with Gasteiger partial charge in [-0.15, -0.1) is 0 Å². The van der Waals surface area contributed by atoms with Crippen molar-refractivity contribution in [3.63, 3.8) is 0 Å². The molecule has 0 aromatic rings. The van der Waals surface area contributed by atoms with Crippen LogP contribution in [0.4, 0.5) is 0 Å². The largest absolute Gasteiger partial charge is 0.480 e. The molecule has 7 N–H and O–H groups in total. The van der Waals surface area contributed by atoms with Crippen molar-refractivity contribution in [3.8, 4) is 0 Å². The standard InChI is InChI=1S/C39H72N6O4/c46-37(34(43-33-22-8-9-23-33)24-10-13-27-40-30-16-2-1-3-17-30)44-35(25-11-14-28-41-31-18-4-5-19-31)38(47)45-36(39(48)49)26-12-15-29-42-32-20-6-7-21-32/h30-36,40-43H,1-29H2,(H,44,46)(H,45,47)(H,48,49). The molecule has 10 heteroatoms. The van der Waals surface area contributed by atoms with Crippen molar-refractivity contribution in [2.24, 2.45) is 0 Å². The number of aliphatic carboxylic acids is 1. The quantitative estimate of drug-likeness (QED) is 0.0629. The number of amides is 2. The van der Waals surface area contributed by atoms with E-state index in [4.69, 9.17) is 0 Å². The molecule has 0 radical (unpaired) electrons. The highest BCUT2D eigenvalue weighted by atomic mass is 16.4. The molecule has 4 aliphatic rings. The summed E-state index contributed by atoms with van der Waals surface area (Å²) in [6, 6.07) is 0.128. The average molecular weight is 689 g/mol. The topological polar surface area (TPSA) is 144 Å². The fourth-order valence-electron chi connectivity index (χ4n) is 8.64. The Balaban J connectivity index is 1.28. The Labute approximate surface area is 297 Å². The number of carbonyl (C=O) groups is 3. The van der Waals surface area contributed by atoms with Crippen molar-refractivity contribution >= 4 is 17.8 Å². The number of carboxylic acids is 1. The van der Waals surface area contributed by atoms with E-state index in [0.717, 1.165) is 77.4 Å².